The van der Waals surface area contributed by atoms with Crippen molar-refractivity contribution in [1.29, 1.82) is 10.5 Å². The maximum atomic E-state index is 9.36. The van der Waals surface area contributed by atoms with Gasteiger partial charge in [0.05, 0.1) is 0 Å². The number of fused-ring (bicyclic) bond motifs is 3. The highest BCUT2D eigenvalue weighted by Crippen LogP contribution is 2.46. The number of nitrogens with zero attached hydrogens (tertiary/aromatic N) is 2. The molecule has 0 spiro atoms. The molecule has 0 aliphatic heterocycles. The number of benzene rings is 2. The van der Waals surface area contributed by atoms with Gasteiger partial charge in [0.25, 0.3) is 0 Å². The predicted octanol–water partition coefficient (Wildman–Crippen LogP) is 4.95. The zero-order valence-electron chi connectivity index (χ0n) is 12.9. The maximum absolute atomic E-state index is 9.36. The summed E-state index contributed by atoms with van der Waals surface area (Å²) in [6.07, 6.45) is 0. The first-order chi connectivity index (χ1) is 10.6. The van der Waals surface area contributed by atoms with Crippen LogP contribution in [0.5, 0.6) is 0 Å². The number of aryl methyl sites for hydroxylation is 1. The van der Waals surface area contributed by atoms with E-state index in [1.807, 2.05) is 6.92 Å². The first-order valence-corrected chi connectivity index (χ1v) is 7.37. The lowest BCUT2D eigenvalue weighted by molar-refractivity contribution is 0.866. The van der Waals surface area contributed by atoms with E-state index in [4.69, 9.17) is 0 Å². The summed E-state index contributed by atoms with van der Waals surface area (Å²) in [6.45, 7) is 6.32. The molecule has 0 fully saturated rings. The standard InChI is InChI=1S/C20H16N2/c1-12(2)14-5-7-17-16-6-4-13(3)8-18(16)20(19(17)9-14)15(10-21)11-22/h4-9,12H,1-3H3. The Morgan fingerprint density at radius 1 is 0.864 bits per heavy atom. The lowest BCUT2D eigenvalue weighted by atomic mass is 9.94. The van der Waals surface area contributed by atoms with E-state index in [1.165, 1.54) is 5.56 Å². The molecular weight excluding hydrogens is 268 g/mol. The van der Waals surface area contributed by atoms with E-state index >= 15 is 0 Å². The van der Waals surface area contributed by atoms with Gasteiger partial charge in [-0.05, 0) is 40.7 Å². The van der Waals surface area contributed by atoms with Crippen molar-refractivity contribution < 1.29 is 0 Å². The van der Waals surface area contributed by atoms with Crippen LogP contribution in [-0.4, -0.2) is 0 Å². The van der Waals surface area contributed by atoms with Gasteiger partial charge in [-0.3, -0.25) is 0 Å². The molecule has 0 unspecified atom stereocenters. The van der Waals surface area contributed by atoms with Crippen LogP contribution in [0.1, 0.15) is 42.0 Å². The van der Waals surface area contributed by atoms with Gasteiger partial charge >= 0.3 is 0 Å². The molecule has 22 heavy (non-hydrogen) atoms. The van der Waals surface area contributed by atoms with Crippen LogP contribution in [0.4, 0.5) is 0 Å². The summed E-state index contributed by atoms with van der Waals surface area (Å²) in [7, 11) is 0. The van der Waals surface area contributed by atoms with Crippen LogP contribution in [0, 0.1) is 29.6 Å². The first-order valence-electron chi connectivity index (χ1n) is 7.37. The summed E-state index contributed by atoms with van der Waals surface area (Å²) in [5.41, 5.74) is 7.53. The lowest BCUT2D eigenvalue weighted by Crippen LogP contribution is -1.91. The molecule has 0 heterocycles. The molecule has 1 aliphatic carbocycles. The Bertz CT molecular complexity index is 871. The van der Waals surface area contributed by atoms with Gasteiger partial charge in [0.2, 0.25) is 0 Å². The molecule has 1 aliphatic rings. The normalized spacial score (nSPS) is 11.6. The lowest BCUT2D eigenvalue weighted by Gasteiger charge is -2.09. The second-order valence-electron chi connectivity index (χ2n) is 5.98. The van der Waals surface area contributed by atoms with Crippen molar-refractivity contribution in [1.82, 2.24) is 0 Å². The number of rotatable bonds is 1. The third-order valence-corrected chi connectivity index (χ3v) is 4.19. The van der Waals surface area contributed by atoms with Crippen LogP contribution in [-0.2, 0) is 0 Å². The third-order valence-electron chi connectivity index (χ3n) is 4.19. The van der Waals surface area contributed by atoms with Crippen molar-refractivity contribution in [3.63, 3.8) is 0 Å². The van der Waals surface area contributed by atoms with Gasteiger partial charge in [-0.15, -0.1) is 0 Å². The Labute approximate surface area is 130 Å². The van der Waals surface area contributed by atoms with E-state index in [9.17, 15) is 10.5 Å². The Morgan fingerprint density at radius 2 is 1.45 bits per heavy atom. The number of nitriles is 2. The predicted molar refractivity (Wildman–Crippen MR) is 88.0 cm³/mol. The largest absolute Gasteiger partial charge is 0.192 e. The molecule has 3 rings (SSSR count). The quantitative estimate of drug-likeness (QED) is 0.594. The molecule has 0 bridgehead atoms. The van der Waals surface area contributed by atoms with Crippen LogP contribution in [0.3, 0.4) is 0 Å². The van der Waals surface area contributed by atoms with Crippen molar-refractivity contribution in [2.75, 3.05) is 0 Å². The van der Waals surface area contributed by atoms with Gasteiger partial charge in [0.1, 0.15) is 17.7 Å². The first kappa shape index (κ1) is 14.1. The number of hydrogen-bond donors (Lipinski definition) is 0. The summed E-state index contributed by atoms with van der Waals surface area (Å²) in [5, 5.41) is 18.7. The average Bonchev–Trinajstić information content (AvgIpc) is 2.82. The summed E-state index contributed by atoms with van der Waals surface area (Å²) in [6, 6.07) is 16.7. The smallest absolute Gasteiger partial charge is 0.138 e. The Kier molecular flexibility index (Phi) is 3.32. The van der Waals surface area contributed by atoms with Crippen LogP contribution in [0.15, 0.2) is 42.0 Å². The molecule has 0 N–H and O–H groups in total. The zero-order chi connectivity index (χ0) is 15.9. The van der Waals surface area contributed by atoms with E-state index in [0.29, 0.717) is 5.92 Å². The van der Waals surface area contributed by atoms with Crippen molar-refractivity contribution in [3.8, 4) is 23.3 Å². The second-order valence-corrected chi connectivity index (χ2v) is 5.98. The summed E-state index contributed by atoms with van der Waals surface area (Å²) in [5.74, 6) is 0.407. The molecule has 2 nitrogen and oxygen atoms in total. The fraction of sp³-hybridized carbons (Fsp3) is 0.200. The van der Waals surface area contributed by atoms with Crippen molar-refractivity contribution in [2.45, 2.75) is 26.7 Å². The summed E-state index contributed by atoms with van der Waals surface area (Å²) < 4.78 is 0. The molecule has 106 valence electrons. The van der Waals surface area contributed by atoms with Gasteiger partial charge in [-0.2, -0.15) is 10.5 Å². The molecule has 0 radical (unpaired) electrons. The van der Waals surface area contributed by atoms with Crippen molar-refractivity contribution in [2.24, 2.45) is 0 Å². The fourth-order valence-corrected chi connectivity index (χ4v) is 3.01. The van der Waals surface area contributed by atoms with E-state index < -0.39 is 0 Å². The van der Waals surface area contributed by atoms with Crippen LogP contribution < -0.4 is 0 Å². The second kappa shape index (κ2) is 5.17. The van der Waals surface area contributed by atoms with Crippen molar-refractivity contribution in [3.05, 3.63) is 64.2 Å². The van der Waals surface area contributed by atoms with Crippen molar-refractivity contribution >= 4 is 5.57 Å². The molecule has 0 aromatic heterocycles. The molecule has 0 amide bonds. The molecule has 0 atom stereocenters. The van der Waals surface area contributed by atoms with Gasteiger partial charge in [-0.25, -0.2) is 0 Å². The zero-order valence-corrected chi connectivity index (χ0v) is 12.9. The number of allylic oxidation sites excluding steroid dienone is 1. The number of hydrogen-bond acceptors (Lipinski definition) is 2. The molecule has 0 saturated carbocycles. The Hall–Kier alpha value is -2.84. The highest BCUT2D eigenvalue weighted by atomic mass is 14.3. The van der Waals surface area contributed by atoms with Crippen LogP contribution in [0.2, 0.25) is 0 Å². The Balaban J connectivity index is 2.40. The maximum Gasteiger partial charge on any atom is 0.138 e. The molecule has 0 saturated heterocycles. The van der Waals surface area contributed by atoms with E-state index in [-0.39, 0.29) is 5.57 Å². The molecular formula is C20H16N2. The average molecular weight is 284 g/mol. The fourth-order valence-electron chi connectivity index (χ4n) is 3.01. The van der Waals surface area contributed by atoms with Gasteiger partial charge in [-0.1, -0.05) is 55.8 Å². The summed E-state index contributed by atoms with van der Waals surface area (Å²) in [4.78, 5) is 0. The van der Waals surface area contributed by atoms with E-state index in [0.717, 1.165) is 33.4 Å². The van der Waals surface area contributed by atoms with Crippen LogP contribution >= 0.6 is 0 Å². The molecule has 2 aromatic rings. The monoisotopic (exact) mass is 284 g/mol. The van der Waals surface area contributed by atoms with Crippen LogP contribution in [0.25, 0.3) is 16.7 Å². The van der Waals surface area contributed by atoms with Gasteiger partial charge in [0.15, 0.2) is 0 Å². The Morgan fingerprint density at radius 3 is 2.05 bits per heavy atom. The van der Waals surface area contributed by atoms with Gasteiger partial charge in [0, 0.05) is 5.57 Å². The summed E-state index contributed by atoms with van der Waals surface area (Å²) >= 11 is 0. The van der Waals surface area contributed by atoms with E-state index in [2.05, 4.69) is 62.4 Å². The highest BCUT2D eigenvalue weighted by Gasteiger charge is 2.27. The third kappa shape index (κ3) is 2.01. The van der Waals surface area contributed by atoms with E-state index in [1.54, 1.807) is 0 Å². The molecule has 2 aromatic carbocycles. The SMILES string of the molecule is Cc1ccc2c(c1)C(=C(C#N)C#N)c1cc(C(C)C)ccc1-2. The highest BCUT2D eigenvalue weighted by molar-refractivity contribution is 6.04. The minimum absolute atomic E-state index is 0.187. The van der Waals surface area contributed by atoms with Gasteiger partial charge < -0.3 is 0 Å². The topological polar surface area (TPSA) is 47.6 Å². The molecule has 2 heteroatoms. The minimum atomic E-state index is 0.187. The minimum Gasteiger partial charge on any atom is -0.192 e.